The van der Waals surface area contributed by atoms with Crippen LogP contribution in [0.1, 0.15) is 19.3 Å². The minimum Gasteiger partial charge on any atom is -0.247 e. The molecular formula is C29H26I2O4+2. The standard InChI is InChI=1S/C29H26I2O4/c32-28(34-30(24-14-5-1-6-15-24)25-16-7-2-8-17-25)22-13-23-29(33)35-31(26-18-9-3-10-19-26)27-20-11-4-12-21-27/h1-12,14-21H,13,22-23H2/q+2. The number of halogens is 2. The van der Waals surface area contributed by atoms with Gasteiger partial charge in [-0.2, -0.15) is 0 Å². The van der Waals surface area contributed by atoms with Gasteiger partial charge in [0.1, 0.15) is 0 Å². The Morgan fingerprint density at radius 3 is 0.971 bits per heavy atom. The highest BCUT2D eigenvalue weighted by Gasteiger charge is 2.35. The Morgan fingerprint density at radius 1 is 0.457 bits per heavy atom. The van der Waals surface area contributed by atoms with E-state index in [-0.39, 0.29) is 24.8 Å². The van der Waals surface area contributed by atoms with E-state index in [0.29, 0.717) is 6.42 Å². The van der Waals surface area contributed by atoms with Gasteiger partial charge in [-0.05, 0) is 55.0 Å². The van der Waals surface area contributed by atoms with Crippen LogP contribution in [0.4, 0.5) is 0 Å². The maximum atomic E-state index is 12.7. The summed E-state index contributed by atoms with van der Waals surface area (Å²) < 4.78 is 16.3. The molecule has 4 nitrogen and oxygen atoms in total. The largest absolute Gasteiger partial charge is 0.360 e. The second-order valence-corrected chi connectivity index (χ2v) is 16.1. The number of rotatable bonds is 10. The van der Waals surface area contributed by atoms with Crippen LogP contribution in [0.3, 0.4) is 0 Å². The third-order valence-electron chi connectivity index (χ3n) is 4.81. The molecule has 0 spiro atoms. The van der Waals surface area contributed by atoms with Crippen molar-refractivity contribution in [2.45, 2.75) is 19.3 Å². The summed E-state index contributed by atoms with van der Waals surface area (Å²) in [6, 6.07) is 39.7. The second kappa shape index (κ2) is 13.4. The van der Waals surface area contributed by atoms with Crippen LogP contribution in [-0.2, 0) is 15.7 Å². The molecular weight excluding hydrogens is 666 g/mol. The lowest BCUT2D eigenvalue weighted by Crippen LogP contribution is -3.85. The SMILES string of the molecule is O=C(CCCC(=O)O[I+](c1ccccc1)c1ccccc1)O[I+](c1ccccc1)c1ccccc1. The first kappa shape index (κ1) is 25.4. The molecule has 0 bridgehead atoms. The zero-order chi connectivity index (χ0) is 24.3. The summed E-state index contributed by atoms with van der Waals surface area (Å²) in [5, 5.41) is 0. The van der Waals surface area contributed by atoms with Crippen molar-refractivity contribution < 1.29 is 56.2 Å². The molecule has 2 radical (unpaired) electrons. The Kier molecular flexibility index (Phi) is 9.71. The van der Waals surface area contributed by atoms with Crippen molar-refractivity contribution in [3.05, 3.63) is 136 Å². The predicted octanol–water partition coefficient (Wildman–Crippen LogP) is -0.198. The first-order valence-corrected chi connectivity index (χ1v) is 17.3. The molecule has 6 heteroatoms. The fraction of sp³-hybridized carbons (Fsp3) is 0.103. The molecule has 0 amide bonds. The van der Waals surface area contributed by atoms with Crippen LogP contribution >= 0.6 is 0 Å². The average Bonchev–Trinajstić information content (AvgIpc) is 2.92. The van der Waals surface area contributed by atoms with Crippen LogP contribution in [0.25, 0.3) is 0 Å². The summed E-state index contributed by atoms with van der Waals surface area (Å²) in [4.78, 5) is 25.4. The summed E-state index contributed by atoms with van der Waals surface area (Å²) in [5.41, 5.74) is 0. The molecule has 0 saturated carbocycles. The van der Waals surface area contributed by atoms with Gasteiger partial charge >= 0.3 is 52.4 Å². The van der Waals surface area contributed by atoms with Crippen LogP contribution in [0.2, 0.25) is 0 Å². The smallest absolute Gasteiger partial charge is 0.247 e. The van der Waals surface area contributed by atoms with Gasteiger partial charge in [-0.3, -0.25) is 0 Å². The molecule has 0 fully saturated rings. The van der Waals surface area contributed by atoms with Gasteiger partial charge in [0.2, 0.25) is 0 Å². The monoisotopic (exact) mass is 692 g/mol. The van der Waals surface area contributed by atoms with E-state index < -0.39 is 40.5 Å². The fourth-order valence-electron chi connectivity index (χ4n) is 3.17. The quantitative estimate of drug-likeness (QED) is 0.217. The van der Waals surface area contributed by atoms with Crippen molar-refractivity contribution in [2.75, 3.05) is 0 Å². The summed E-state index contributed by atoms with van der Waals surface area (Å²) in [6.45, 7) is 0. The van der Waals surface area contributed by atoms with Crippen LogP contribution in [0, 0.1) is 14.3 Å². The molecule has 4 aromatic rings. The topological polar surface area (TPSA) is 52.6 Å². The molecule has 0 aromatic heterocycles. The molecule has 0 heterocycles. The van der Waals surface area contributed by atoms with Gasteiger partial charge < -0.3 is 0 Å². The molecule has 4 aromatic carbocycles. The third-order valence-corrected chi connectivity index (χ3v) is 14.1. The van der Waals surface area contributed by atoms with Gasteiger partial charge in [0.05, 0.1) is 12.8 Å². The molecule has 0 atom stereocenters. The van der Waals surface area contributed by atoms with E-state index in [1.807, 2.05) is 121 Å². The summed E-state index contributed by atoms with van der Waals surface area (Å²) in [7, 11) is 0. The van der Waals surface area contributed by atoms with E-state index in [0.717, 1.165) is 14.3 Å². The number of carbonyl (C=O) groups excluding carboxylic acids is 2. The van der Waals surface area contributed by atoms with Crippen LogP contribution in [0.15, 0.2) is 121 Å². The highest BCUT2D eigenvalue weighted by molar-refractivity contribution is 5.71. The summed E-state index contributed by atoms with van der Waals surface area (Å²) in [5.74, 6) is -0.533. The van der Waals surface area contributed by atoms with E-state index in [1.54, 1.807) is 0 Å². The van der Waals surface area contributed by atoms with Gasteiger partial charge in [0.15, 0.2) is 14.3 Å². The molecule has 0 aliphatic rings. The van der Waals surface area contributed by atoms with E-state index in [1.165, 1.54) is 0 Å². The van der Waals surface area contributed by atoms with Crippen molar-refractivity contribution in [1.29, 1.82) is 0 Å². The lowest BCUT2D eigenvalue weighted by Gasteiger charge is -2.06. The maximum absolute atomic E-state index is 12.7. The van der Waals surface area contributed by atoms with Crippen molar-refractivity contribution in [3.63, 3.8) is 0 Å². The minimum atomic E-state index is -2.35. The van der Waals surface area contributed by atoms with Crippen LogP contribution < -0.4 is 40.5 Å². The molecule has 0 N–H and O–H groups in total. The second-order valence-electron chi connectivity index (χ2n) is 7.43. The van der Waals surface area contributed by atoms with E-state index in [9.17, 15) is 9.59 Å². The summed E-state index contributed by atoms with van der Waals surface area (Å²) >= 11 is -4.70. The Morgan fingerprint density at radius 2 is 0.714 bits per heavy atom. The van der Waals surface area contributed by atoms with Gasteiger partial charge in [-0.25, -0.2) is 15.7 Å². The number of carbonyl (C=O) groups is 2. The van der Waals surface area contributed by atoms with E-state index >= 15 is 0 Å². The third kappa shape index (κ3) is 7.63. The van der Waals surface area contributed by atoms with Gasteiger partial charge in [-0.1, -0.05) is 72.8 Å². The first-order chi connectivity index (χ1) is 17.2. The zero-order valence-corrected chi connectivity index (χ0v) is 23.4. The lowest BCUT2D eigenvalue weighted by atomic mass is 10.2. The average molecular weight is 692 g/mol. The number of benzene rings is 4. The van der Waals surface area contributed by atoms with Crippen molar-refractivity contribution in [2.24, 2.45) is 0 Å². The van der Waals surface area contributed by atoms with Crippen LogP contribution in [0.5, 0.6) is 0 Å². The van der Waals surface area contributed by atoms with E-state index in [4.69, 9.17) is 6.13 Å². The Balaban J connectivity index is 1.34. The van der Waals surface area contributed by atoms with Gasteiger partial charge in [0, 0.05) is 0 Å². The zero-order valence-electron chi connectivity index (χ0n) is 19.1. The number of hydrogen-bond donors (Lipinski definition) is 0. The van der Waals surface area contributed by atoms with Crippen LogP contribution in [-0.4, -0.2) is 11.9 Å². The molecule has 0 aliphatic heterocycles. The molecule has 0 saturated heterocycles. The Hall–Kier alpha value is -2.72. The molecule has 4 rings (SSSR count). The fourth-order valence-corrected chi connectivity index (χ4v) is 11.3. The first-order valence-electron chi connectivity index (χ1n) is 11.2. The predicted molar refractivity (Wildman–Crippen MR) is 127 cm³/mol. The van der Waals surface area contributed by atoms with Crippen molar-refractivity contribution >= 4 is 11.9 Å². The number of hydrogen-bond acceptors (Lipinski definition) is 4. The highest BCUT2D eigenvalue weighted by Crippen LogP contribution is 1.98. The lowest BCUT2D eigenvalue weighted by molar-refractivity contribution is -1.04. The molecule has 0 unspecified atom stereocenters. The van der Waals surface area contributed by atoms with Crippen molar-refractivity contribution in [1.82, 2.24) is 0 Å². The normalized spacial score (nSPS) is 10.8. The molecule has 178 valence electrons. The summed E-state index contributed by atoms with van der Waals surface area (Å²) in [6.07, 6.45) is 0.778. The van der Waals surface area contributed by atoms with Crippen molar-refractivity contribution in [3.8, 4) is 0 Å². The Labute approximate surface area is 221 Å². The van der Waals surface area contributed by atoms with E-state index in [2.05, 4.69) is 0 Å². The minimum absolute atomic E-state index is 0.188. The molecule has 0 aliphatic carbocycles. The molecule has 35 heavy (non-hydrogen) atoms. The Bertz CT molecular complexity index is 1030. The maximum Gasteiger partial charge on any atom is 0.360 e. The van der Waals surface area contributed by atoms with Gasteiger partial charge in [-0.15, -0.1) is 0 Å². The van der Waals surface area contributed by atoms with Gasteiger partial charge in [0.25, 0.3) is 0 Å². The highest BCUT2D eigenvalue weighted by atomic mass is 127.